The fraction of sp³-hybridized carbons (Fsp3) is 0. The van der Waals surface area contributed by atoms with E-state index in [9.17, 15) is 18.0 Å². The summed E-state index contributed by atoms with van der Waals surface area (Å²) in [6.45, 7) is 0. The van der Waals surface area contributed by atoms with Crippen LogP contribution in [0.2, 0.25) is 0 Å². The van der Waals surface area contributed by atoms with Crippen LogP contribution >= 0.6 is 0 Å². The predicted octanol–water partition coefficient (Wildman–Crippen LogP) is 3.20. The highest BCUT2D eigenvalue weighted by atomic mass is 32.2. The van der Waals surface area contributed by atoms with E-state index in [1.165, 1.54) is 48.9 Å². The summed E-state index contributed by atoms with van der Waals surface area (Å²) in [7, 11) is -4.10. The van der Waals surface area contributed by atoms with Gasteiger partial charge >= 0.3 is 0 Å². The van der Waals surface area contributed by atoms with Crippen LogP contribution in [0.5, 0.6) is 0 Å². The molecular weight excluding hydrogens is 406 g/mol. The van der Waals surface area contributed by atoms with Crippen molar-refractivity contribution in [3.8, 4) is 0 Å². The monoisotopic (exact) mass is 421 g/mol. The van der Waals surface area contributed by atoms with Gasteiger partial charge in [-0.25, -0.2) is 13.1 Å². The number of hydrogen-bond donors (Lipinski definition) is 2. The summed E-state index contributed by atoms with van der Waals surface area (Å²) in [5.74, 6) is -1.08. The van der Waals surface area contributed by atoms with Gasteiger partial charge in [-0.1, -0.05) is 12.1 Å². The van der Waals surface area contributed by atoms with E-state index in [-0.39, 0.29) is 16.2 Å². The molecule has 0 aliphatic heterocycles. The number of fused-ring (bicyclic) bond motifs is 1. The van der Waals surface area contributed by atoms with Crippen molar-refractivity contribution >= 4 is 38.3 Å². The predicted molar refractivity (Wildman–Crippen MR) is 109 cm³/mol. The van der Waals surface area contributed by atoms with Gasteiger partial charge in [0.1, 0.15) is 0 Å². The third kappa shape index (κ3) is 3.91. The van der Waals surface area contributed by atoms with E-state index in [0.29, 0.717) is 16.5 Å². The van der Waals surface area contributed by atoms with Crippen molar-refractivity contribution in [2.75, 3.05) is 5.32 Å². The lowest BCUT2D eigenvalue weighted by atomic mass is 10.2. The van der Waals surface area contributed by atoms with Crippen LogP contribution in [0.3, 0.4) is 0 Å². The first-order chi connectivity index (χ1) is 14.4. The van der Waals surface area contributed by atoms with E-state index in [1.54, 1.807) is 30.5 Å². The highest BCUT2D eigenvalue weighted by Crippen LogP contribution is 2.22. The lowest BCUT2D eigenvalue weighted by Gasteiger charge is -2.10. The van der Waals surface area contributed by atoms with Crippen molar-refractivity contribution in [1.29, 1.82) is 0 Å². The minimum atomic E-state index is -4.10. The summed E-state index contributed by atoms with van der Waals surface area (Å²) in [5.41, 5.74) is 0.550. The van der Waals surface area contributed by atoms with Gasteiger partial charge < -0.3 is 9.73 Å². The summed E-state index contributed by atoms with van der Waals surface area (Å²) >= 11 is 0. The molecule has 0 aliphatic rings. The first-order valence-corrected chi connectivity index (χ1v) is 10.3. The van der Waals surface area contributed by atoms with Gasteiger partial charge in [0.2, 0.25) is 0 Å². The molecule has 150 valence electrons. The zero-order valence-corrected chi connectivity index (χ0v) is 16.2. The second kappa shape index (κ2) is 7.80. The Kier molecular flexibility index (Phi) is 5.03. The van der Waals surface area contributed by atoms with Crippen molar-refractivity contribution in [2.24, 2.45) is 0 Å². The highest BCUT2D eigenvalue weighted by Gasteiger charge is 2.21. The van der Waals surface area contributed by atoms with Crippen molar-refractivity contribution in [3.05, 3.63) is 90.6 Å². The summed E-state index contributed by atoms with van der Waals surface area (Å²) in [4.78, 5) is 28.4. The Balaban J connectivity index is 1.51. The number of nitrogens with zero attached hydrogens (tertiary/aromatic N) is 1. The molecule has 4 rings (SSSR count). The Morgan fingerprint density at radius 2 is 1.70 bits per heavy atom. The smallest absolute Gasteiger partial charge is 0.291 e. The molecule has 2 heterocycles. The second-order valence-electron chi connectivity index (χ2n) is 6.30. The number of hydrogen-bond acceptors (Lipinski definition) is 6. The van der Waals surface area contributed by atoms with Gasteiger partial charge in [-0.3, -0.25) is 14.6 Å². The molecular formula is C21H15N3O5S. The zero-order valence-electron chi connectivity index (χ0n) is 15.4. The molecule has 0 unspecified atom stereocenters. The van der Waals surface area contributed by atoms with Gasteiger partial charge in [-0.05, 0) is 48.5 Å². The van der Waals surface area contributed by atoms with Crippen molar-refractivity contribution < 1.29 is 22.4 Å². The van der Waals surface area contributed by atoms with Crippen LogP contribution < -0.4 is 10.0 Å². The normalized spacial score (nSPS) is 11.2. The van der Waals surface area contributed by atoms with Gasteiger partial charge in [0.25, 0.3) is 21.8 Å². The topological polar surface area (TPSA) is 118 Å². The number of benzene rings is 2. The minimum absolute atomic E-state index is 0.0157. The molecule has 0 spiro atoms. The van der Waals surface area contributed by atoms with Gasteiger partial charge in [-0.15, -0.1) is 0 Å². The Labute approximate surface area is 171 Å². The molecule has 0 bridgehead atoms. The average Bonchev–Trinajstić information content (AvgIpc) is 3.28. The van der Waals surface area contributed by atoms with Crippen molar-refractivity contribution in [1.82, 2.24) is 9.71 Å². The summed E-state index contributed by atoms with van der Waals surface area (Å²) in [6.07, 6.45) is 4.42. The fourth-order valence-corrected chi connectivity index (χ4v) is 4.07. The van der Waals surface area contributed by atoms with E-state index in [4.69, 9.17) is 4.42 Å². The third-order valence-corrected chi connectivity index (χ3v) is 5.70. The molecule has 2 aromatic heterocycles. The second-order valence-corrected chi connectivity index (χ2v) is 7.95. The number of carbonyl (C=O) groups is 2. The molecule has 0 saturated heterocycles. The lowest BCUT2D eigenvalue weighted by Crippen LogP contribution is -2.30. The van der Waals surface area contributed by atoms with Gasteiger partial charge in [0.05, 0.1) is 11.2 Å². The Morgan fingerprint density at radius 1 is 0.900 bits per heavy atom. The van der Waals surface area contributed by atoms with Gasteiger partial charge in [0.15, 0.2) is 5.76 Å². The number of aromatic nitrogens is 1. The van der Waals surface area contributed by atoms with Crippen LogP contribution in [0.4, 0.5) is 5.69 Å². The molecule has 0 saturated carbocycles. The molecule has 8 nitrogen and oxygen atoms in total. The zero-order chi connectivity index (χ0) is 21.1. The van der Waals surface area contributed by atoms with Crippen molar-refractivity contribution in [2.45, 2.75) is 4.90 Å². The van der Waals surface area contributed by atoms with E-state index in [1.807, 2.05) is 0 Å². The molecule has 0 aliphatic carbocycles. The molecule has 2 amide bonds. The number of carbonyl (C=O) groups excluding carboxylic acids is 2. The Hall–Kier alpha value is -3.98. The average molecular weight is 421 g/mol. The number of nitrogens with one attached hydrogen (secondary N) is 2. The first-order valence-electron chi connectivity index (χ1n) is 8.79. The molecule has 2 aromatic carbocycles. The third-order valence-electron chi connectivity index (χ3n) is 4.31. The van der Waals surface area contributed by atoms with E-state index < -0.39 is 21.8 Å². The summed E-state index contributed by atoms with van der Waals surface area (Å²) < 4.78 is 32.6. The molecule has 2 N–H and O–H groups in total. The SMILES string of the molecule is O=C(NS(=O)(=O)c1cccc2cnccc12)c1ccc(NC(=O)c2ccco2)cc1. The van der Waals surface area contributed by atoms with Crippen LogP contribution in [0.25, 0.3) is 10.8 Å². The quantitative estimate of drug-likeness (QED) is 0.511. The summed E-state index contributed by atoms with van der Waals surface area (Å²) in [5, 5.41) is 3.72. The number of pyridine rings is 1. The maximum Gasteiger partial charge on any atom is 0.291 e. The molecule has 0 radical (unpaired) electrons. The van der Waals surface area contributed by atoms with E-state index >= 15 is 0 Å². The molecule has 0 fully saturated rings. The van der Waals surface area contributed by atoms with E-state index in [2.05, 4.69) is 15.0 Å². The van der Waals surface area contributed by atoms with Crippen LogP contribution in [0, 0.1) is 0 Å². The molecule has 0 atom stereocenters. The van der Waals surface area contributed by atoms with Gasteiger partial charge in [0, 0.05) is 34.4 Å². The molecule has 30 heavy (non-hydrogen) atoms. The lowest BCUT2D eigenvalue weighted by molar-refractivity contribution is 0.0978. The number of furan rings is 1. The largest absolute Gasteiger partial charge is 0.459 e. The van der Waals surface area contributed by atoms with Crippen LogP contribution in [0.15, 0.2) is 88.6 Å². The highest BCUT2D eigenvalue weighted by molar-refractivity contribution is 7.90. The molecule has 9 heteroatoms. The molecule has 4 aromatic rings. The van der Waals surface area contributed by atoms with Crippen LogP contribution in [-0.4, -0.2) is 25.2 Å². The number of sulfonamides is 1. The minimum Gasteiger partial charge on any atom is -0.459 e. The number of amides is 2. The Bertz CT molecular complexity index is 1330. The number of rotatable bonds is 5. The summed E-state index contributed by atoms with van der Waals surface area (Å²) in [6, 6.07) is 15.2. The maximum atomic E-state index is 12.8. The standard InChI is InChI=1S/C21H15N3O5S/c25-20(14-6-8-16(9-7-14)23-21(26)18-4-2-12-29-18)24-30(27,28)19-5-1-3-15-13-22-11-10-17(15)19/h1-13H,(H,23,26)(H,24,25). The van der Waals surface area contributed by atoms with E-state index in [0.717, 1.165) is 0 Å². The maximum absolute atomic E-state index is 12.8. The van der Waals surface area contributed by atoms with Crippen molar-refractivity contribution in [3.63, 3.8) is 0 Å². The van der Waals surface area contributed by atoms with Crippen LogP contribution in [-0.2, 0) is 10.0 Å². The number of anilines is 1. The fourth-order valence-electron chi connectivity index (χ4n) is 2.87. The van der Waals surface area contributed by atoms with Gasteiger partial charge in [-0.2, -0.15) is 0 Å². The van der Waals surface area contributed by atoms with Crippen LogP contribution in [0.1, 0.15) is 20.9 Å². The first kappa shape index (κ1) is 19.3. The Morgan fingerprint density at radius 3 is 2.43 bits per heavy atom.